The Balaban J connectivity index is 1.68. The number of amides is 1. The first-order chi connectivity index (χ1) is 15.5. The molecule has 1 aromatic heterocycles. The lowest BCUT2D eigenvalue weighted by Crippen LogP contribution is -2.23. The maximum absolute atomic E-state index is 12.3. The number of nitrogens with one attached hydrogen (secondary N) is 1. The van der Waals surface area contributed by atoms with Crippen molar-refractivity contribution in [3.05, 3.63) is 93.4 Å². The number of carbonyl (C=O) groups is 1. The van der Waals surface area contributed by atoms with Crippen molar-refractivity contribution in [1.82, 2.24) is 5.32 Å². The summed E-state index contributed by atoms with van der Waals surface area (Å²) in [4.78, 5) is 22.6. The van der Waals surface area contributed by atoms with Gasteiger partial charge in [-0.15, -0.1) is 0 Å². The number of rotatable bonds is 9. The van der Waals surface area contributed by atoms with Crippen LogP contribution < -0.4 is 14.8 Å². The van der Waals surface area contributed by atoms with Crippen molar-refractivity contribution in [1.29, 1.82) is 5.26 Å². The van der Waals surface area contributed by atoms with Crippen LogP contribution in [0.1, 0.15) is 16.9 Å². The van der Waals surface area contributed by atoms with Crippen molar-refractivity contribution >= 4 is 17.7 Å². The molecule has 0 aliphatic heterocycles. The van der Waals surface area contributed by atoms with Gasteiger partial charge in [0, 0.05) is 12.1 Å². The Bertz CT molecular complexity index is 1160. The van der Waals surface area contributed by atoms with Gasteiger partial charge in [-0.25, -0.2) is 0 Å². The average Bonchev–Trinajstić information content (AvgIpc) is 3.34. The molecule has 0 spiro atoms. The molecule has 1 amide bonds. The third-order valence-electron chi connectivity index (χ3n) is 4.41. The highest BCUT2D eigenvalue weighted by molar-refractivity contribution is 6.01. The Hall–Kier alpha value is -4.58. The van der Waals surface area contributed by atoms with E-state index in [1.165, 1.54) is 31.6 Å². The van der Waals surface area contributed by atoms with E-state index >= 15 is 0 Å². The van der Waals surface area contributed by atoms with Gasteiger partial charge in [-0.05, 0) is 53.6 Å². The molecule has 0 fully saturated rings. The van der Waals surface area contributed by atoms with Crippen molar-refractivity contribution in [3.63, 3.8) is 0 Å². The van der Waals surface area contributed by atoms with Gasteiger partial charge in [0.15, 0.2) is 11.5 Å². The zero-order chi connectivity index (χ0) is 22.9. The molecule has 0 aliphatic rings. The molecule has 9 nitrogen and oxygen atoms in total. The fourth-order valence-corrected chi connectivity index (χ4v) is 2.76. The van der Waals surface area contributed by atoms with E-state index in [9.17, 15) is 20.2 Å². The molecule has 0 radical (unpaired) electrons. The molecule has 3 aromatic rings. The maximum atomic E-state index is 12.3. The zero-order valence-corrected chi connectivity index (χ0v) is 17.1. The predicted molar refractivity (Wildman–Crippen MR) is 115 cm³/mol. The molecule has 3 rings (SSSR count). The monoisotopic (exact) mass is 433 g/mol. The topological polar surface area (TPSA) is 128 Å². The van der Waals surface area contributed by atoms with Gasteiger partial charge in [-0.2, -0.15) is 5.26 Å². The molecule has 32 heavy (non-hydrogen) atoms. The molecule has 1 N–H and O–H groups in total. The van der Waals surface area contributed by atoms with Gasteiger partial charge in [0.25, 0.3) is 11.6 Å². The molecule has 9 heteroatoms. The van der Waals surface area contributed by atoms with Crippen molar-refractivity contribution in [2.24, 2.45) is 0 Å². The summed E-state index contributed by atoms with van der Waals surface area (Å²) in [5.41, 5.74) is 1.26. The lowest BCUT2D eigenvalue weighted by Gasteiger charge is -2.11. The van der Waals surface area contributed by atoms with E-state index in [2.05, 4.69) is 5.32 Å². The van der Waals surface area contributed by atoms with Crippen LogP contribution >= 0.6 is 0 Å². The average molecular weight is 433 g/mol. The summed E-state index contributed by atoms with van der Waals surface area (Å²) >= 11 is 0. The van der Waals surface area contributed by atoms with Crippen LogP contribution in [-0.4, -0.2) is 17.9 Å². The van der Waals surface area contributed by atoms with E-state index in [0.29, 0.717) is 22.8 Å². The van der Waals surface area contributed by atoms with Gasteiger partial charge in [0.1, 0.15) is 24.0 Å². The first-order valence-electron chi connectivity index (χ1n) is 9.46. The number of nitro groups is 1. The van der Waals surface area contributed by atoms with E-state index in [0.717, 1.165) is 5.56 Å². The van der Waals surface area contributed by atoms with Crippen LogP contribution in [0.5, 0.6) is 11.5 Å². The molecule has 0 saturated heterocycles. The SMILES string of the molecule is COc1cc(/C=C(/C#N)C(=O)NCc2ccco2)ccc1OCc1ccc([N+](=O)[O-])cc1. The number of nitrogens with zero attached hydrogens (tertiary/aromatic N) is 2. The number of ether oxygens (including phenoxy) is 2. The van der Waals surface area contributed by atoms with Crippen molar-refractivity contribution in [3.8, 4) is 17.6 Å². The third-order valence-corrected chi connectivity index (χ3v) is 4.41. The Kier molecular flexibility index (Phi) is 7.22. The van der Waals surface area contributed by atoms with Crippen LogP contribution in [0, 0.1) is 21.4 Å². The van der Waals surface area contributed by atoms with Crippen LogP contribution in [0.25, 0.3) is 6.08 Å². The second-order valence-corrected chi connectivity index (χ2v) is 6.55. The number of nitriles is 1. The summed E-state index contributed by atoms with van der Waals surface area (Å²) in [6.45, 7) is 0.353. The zero-order valence-electron chi connectivity index (χ0n) is 17.1. The normalized spacial score (nSPS) is 10.8. The highest BCUT2D eigenvalue weighted by atomic mass is 16.6. The number of nitro benzene ring substituents is 1. The minimum absolute atomic E-state index is 0.00367. The number of furan rings is 1. The number of non-ortho nitro benzene ring substituents is 1. The Morgan fingerprint density at radius 1 is 1.22 bits per heavy atom. The molecule has 0 bridgehead atoms. The van der Waals surface area contributed by atoms with Crippen molar-refractivity contribution in [2.45, 2.75) is 13.2 Å². The molecule has 1 heterocycles. The van der Waals surface area contributed by atoms with Crippen molar-refractivity contribution < 1.29 is 23.6 Å². The number of carbonyl (C=O) groups excluding carboxylic acids is 1. The summed E-state index contributed by atoms with van der Waals surface area (Å²) in [5, 5.41) is 22.7. The number of hydrogen-bond acceptors (Lipinski definition) is 7. The number of methoxy groups -OCH3 is 1. The molecule has 2 aromatic carbocycles. The first kappa shape index (κ1) is 22.1. The first-order valence-corrected chi connectivity index (χ1v) is 9.46. The van der Waals surface area contributed by atoms with Gasteiger partial charge in [-0.1, -0.05) is 6.07 Å². The minimum atomic E-state index is -0.527. The second kappa shape index (κ2) is 10.4. The van der Waals surface area contributed by atoms with Crippen LogP contribution in [0.3, 0.4) is 0 Å². The standard InChI is InChI=1S/C23H19N3O6/c1-30-22-12-17(11-18(13-24)23(27)25-14-20-3-2-10-31-20)6-9-21(22)32-15-16-4-7-19(8-5-16)26(28)29/h2-12H,14-15H2,1H3,(H,25,27)/b18-11-. The van der Waals surface area contributed by atoms with Crippen LogP contribution in [0.15, 0.2) is 70.9 Å². The predicted octanol–water partition coefficient (Wildman–Crippen LogP) is 4.00. The molecule has 0 saturated carbocycles. The smallest absolute Gasteiger partial charge is 0.269 e. The highest BCUT2D eigenvalue weighted by Gasteiger charge is 2.12. The Morgan fingerprint density at radius 2 is 2.00 bits per heavy atom. The van der Waals surface area contributed by atoms with Gasteiger partial charge in [0.2, 0.25) is 0 Å². The molecular weight excluding hydrogens is 414 g/mol. The maximum Gasteiger partial charge on any atom is 0.269 e. The summed E-state index contributed by atoms with van der Waals surface area (Å²) in [6.07, 6.45) is 2.94. The second-order valence-electron chi connectivity index (χ2n) is 6.55. The quantitative estimate of drug-likeness (QED) is 0.234. The number of benzene rings is 2. The van der Waals surface area contributed by atoms with Gasteiger partial charge in [-0.3, -0.25) is 14.9 Å². The summed E-state index contributed by atoms with van der Waals surface area (Å²) in [7, 11) is 1.48. The third kappa shape index (κ3) is 5.73. The van der Waals surface area contributed by atoms with E-state index < -0.39 is 10.8 Å². The molecule has 162 valence electrons. The van der Waals surface area contributed by atoms with E-state index in [-0.39, 0.29) is 24.4 Å². The van der Waals surface area contributed by atoms with Crippen LogP contribution in [0.2, 0.25) is 0 Å². The van der Waals surface area contributed by atoms with Gasteiger partial charge >= 0.3 is 0 Å². The van der Waals surface area contributed by atoms with Gasteiger partial charge < -0.3 is 19.2 Å². The van der Waals surface area contributed by atoms with Gasteiger partial charge in [0.05, 0.1) is 24.8 Å². The van der Waals surface area contributed by atoms with Crippen molar-refractivity contribution in [2.75, 3.05) is 7.11 Å². The lowest BCUT2D eigenvalue weighted by molar-refractivity contribution is -0.384. The lowest BCUT2D eigenvalue weighted by atomic mass is 10.1. The van der Waals surface area contributed by atoms with E-state index in [1.807, 2.05) is 6.07 Å². The fraction of sp³-hybridized carbons (Fsp3) is 0.130. The molecule has 0 aliphatic carbocycles. The van der Waals surface area contributed by atoms with E-state index in [4.69, 9.17) is 13.9 Å². The Morgan fingerprint density at radius 3 is 2.62 bits per heavy atom. The summed E-state index contributed by atoms with van der Waals surface area (Å²) < 4.78 is 16.3. The summed E-state index contributed by atoms with van der Waals surface area (Å²) in [5.74, 6) is 0.908. The number of hydrogen-bond donors (Lipinski definition) is 1. The Labute approximate surface area is 183 Å². The largest absolute Gasteiger partial charge is 0.493 e. The fourth-order valence-electron chi connectivity index (χ4n) is 2.76. The summed E-state index contributed by atoms with van der Waals surface area (Å²) in [6, 6.07) is 16.3. The minimum Gasteiger partial charge on any atom is -0.493 e. The van der Waals surface area contributed by atoms with Crippen LogP contribution in [0.4, 0.5) is 5.69 Å². The highest BCUT2D eigenvalue weighted by Crippen LogP contribution is 2.30. The van der Waals surface area contributed by atoms with Crippen LogP contribution in [-0.2, 0) is 17.9 Å². The van der Waals surface area contributed by atoms with E-state index in [1.54, 1.807) is 42.5 Å². The molecular formula is C23H19N3O6. The molecule has 0 unspecified atom stereocenters. The molecule has 0 atom stereocenters.